The number of esters is 1. The smallest absolute Gasteiger partial charge is 0.340 e. The normalized spacial score (nSPS) is 17.0. The lowest BCUT2D eigenvalue weighted by molar-refractivity contribution is -0.142. The number of carbonyl (C=O) groups excluding carboxylic acids is 7. The van der Waals surface area contributed by atoms with Gasteiger partial charge in [0, 0.05) is 47.4 Å². The fraction of sp³-hybridized carbons (Fsp3) is 0.400. The largest absolute Gasteiger partial charge is 0.508 e. The summed E-state index contributed by atoms with van der Waals surface area (Å²) in [5.41, 5.74) is -0.473. The number of hydrogen-bond donors (Lipinski definition) is 10. The molecule has 3 aliphatic heterocycles. The van der Waals surface area contributed by atoms with E-state index in [9.17, 15) is 63.6 Å². The number of likely N-dealkylation sites (tertiary alicyclic amines) is 1. The van der Waals surface area contributed by atoms with Crippen LogP contribution < -0.4 is 31.3 Å². The fourth-order valence-corrected chi connectivity index (χ4v) is 8.26. The zero-order chi connectivity index (χ0) is 48.9. The minimum atomic E-state index is -1.70. The highest BCUT2D eigenvalue weighted by Gasteiger charge is 2.54. The Morgan fingerprint density at radius 1 is 0.776 bits per heavy atom. The van der Waals surface area contributed by atoms with Crippen molar-refractivity contribution in [3.63, 3.8) is 0 Å². The highest BCUT2D eigenvalue weighted by Crippen LogP contribution is 2.57. The molecule has 6 amide bonds. The van der Waals surface area contributed by atoms with Gasteiger partial charge in [-0.3, -0.25) is 38.4 Å². The van der Waals surface area contributed by atoms with Gasteiger partial charge in [0.1, 0.15) is 53.7 Å². The number of nitrogens with zero attached hydrogens (tertiary/aromatic N) is 1. The predicted molar refractivity (Wildman–Crippen MR) is 230 cm³/mol. The topological polar surface area (TPSA) is 337 Å². The number of phenolic OH excluding ortho intramolecular Hbond substituents is 2. The summed E-state index contributed by atoms with van der Waals surface area (Å²) in [6.45, 7) is 3.42. The van der Waals surface area contributed by atoms with E-state index < -0.39 is 115 Å². The molecule has 3 aromatic carbocycles. The molecule has 67 heavy (non-hydrogen) atoms. The van der Waals surface area contributed by atoms with E-state index in [1.165, 1.54) is 59.5 Å². The number of aliphatic hydroxyl groups is 1. The molecule has 6 rings (SSSR count). The molecule has 22 heteroatoms. The summed E-state index contributed by atoms with van der Waals surface area (Å²) in [5.74, 6) is -8.75. The first-order chi connectivity index (χ1) is 31.7. The van der Waals surface area contributed by atoms with E-state index in [2.05, 4.69) is 21.3 Å². The van der Waals surface area contributed by atoms with Crippen LogP contribution in [0.3, 0.4) is 0 Å². The van der Waals surface area contributed by atoms with E-state index in [0.717, 1.165) is 6.92 Å². The summed E-state index contributed by atoms with van der Waals surface area (Å²) in [6, 6.07) is 7.20. The Labute approximate surface area is 382 Å². The molecule has 0 radical (unpaired) electrons. The number of aromatic hydroxyl groups is 2. The molecule has 0 saturated carbocycles. The molecular weight excluding hydrogens is 881 g/mol. The number of phenols is 2. The summed E-state index contributed by atoms with van der Waals surface area (Å²) in [6.07, 6.45) is -2.06. The number of carboxylic acid groups (broad SMARTS) is 2. The number of ether oxygens (including phenoxy) is 2. The second-order valence-electron chi connectivity index (χ2n) is 16.7. The van der Waals surface area contributed by atoms with Crippen molar-refractivity contribution in [1.29, 1.82) is 0 Å². The summed E-state index contributed by atoms with van der Waals surface area (Å²) in [4.78, 5) is 118. The lowest BCUT2D eigenvalue weighted by Gasteiger charge is -2.36. The van der Waals surface area contributed by atoms with Crippen molar-refractivity contribution in [3.05, 3.63) is 82.4 Å². The average molecular weight is 931 g/mol. The molecular formula is C45H50N6O16. The summed E-state index contributed by atoms with van der Waals surface area (Å²) < 4.78 is 12.1. The zero-order valence-corrected chi connectivity index (χ0v) is 36.5. The quantitative estimate of drug-likeness (QED) is 0.0769. The van der Waals surface area contributed by atoms with Crippen LogP contribution in [0.5, 0.6) is 23.0 Å². The van der Waals surface area contributed by atoms with E-state index in [1.807, 2.05) is 19.2 Å². The van der Waals surface area contributed by atoms with Crippen molar-refractivity contribution < 1.29 is 78.2 Å². The maximum Gasteiger partial charge on any atom is 0.340 e. The van der Waals surface area contributed by atoms with Gasteiger partial charge >= 0.3 is 17.9 Å². The number of fused-ring (bicyclic) bond motifs is 6. The highest BCUT2D eigenvalue weighted by molar-refractivity contribution is 6.03. The third-order valence-electron chi connectivity index (χ3n) is 11.4. The van der Waals surface area contributed by atoms with Crippen molar-refractivity contribution in [1.82, 2.24) is 31.5 Å². The van der Waals surface area contributed by atoms with Gasteiger partial charge < -0.3 is 66.5 Å². The molecule has 0 aliphatic carbocycles. The molecule has 3 aromatic rings. The van der Waals surface area contributed by atoms with Gasteiger partial charge in [0.15, 0.2) is 5.60 Å². The Kier molecular flexibility index (Phi) is 14.7. The third kappa shape index (κ3) is 10.7. The van der Waals surface area contributed by atoms with Gasteiger partial charge in [0.25, 0.3) is 5.91 Å². The first-order valence-electron chi connectivity index (χ1n) is 21.3. The van der Waals surface area contributed by atoms with Crippen LogP contribution in [0.25, 0.3) is 0 Å². The van der Waals surface area contributed by atoms with E-state index in [0.29, 0.717) is 23.1 Å². The van der Waals surface area contributed by atoms with Crippen molar-refractivity contribution in [2.45, 2.75) is 88.7 Å². The Morgan fingerprint density at radius 3 is 2.01 bits per heavy atom. The Hall–Kier alpha value is -7.75. The molecule has 5 atom stereocenters. The summed E-state index contributed by atoms with van der Waals surface area (Å²) in [5, 5.41) is 60.6. The van der Waals surface area contributed by atoms with E-state index >= 15 is 0 Å². The third-order valence-corrected chi connectivity index (χ3v) is 11.4. The van der Waals surface area contributed by atoms with Crippen molar-refractivity contribution >= 4 is 53.4 Å². The van der Waals surface area contributed by atoms with Crippen LogP contribution in [0.15, 0.2) is 54.6 Å². The average Bonchev–Trinajstić information content (AvgIpc) is 3.87. The molecule has 3 heterocycles. The van der Waals surface area contributed by atoms with Crippen molar-refractivity contribution in [3.8, 4) is 23.0 Å². The van der Waals surface area contributed by atoms with Gasteiger partial charge in [-0.1, -0.05) is 19.9 Å². The minimum absolute atomic E-state index is 0.00754. The second kappa shape index (κ2) is 20.2. The molecule has 1 fully saturated rings. The number of aliphatic carboxylic acids is 2. The van der Waals surface area contributed by atoms with Crippen LogP contribution in [0.2, 0.25) is 0 Å². The van der Waals surface area contributed by atoms with Crippen LogP contribution in [0.1, 0.15) is 90.3 Å². The number of aliphatic hydroxyl groups excluding tert-OH is 1. The predicted octanol–water partition coefficient (Wildman–Crippen LogP) is 0.334. The summed E-state index contributed by atoms with van der Waals surface area (Å²) in [7, 11) is 0. The number of nitrogens with one attached hydrogen (secondary N) is 5. The molecule has 1 spiro atoms. The van der Waals surface area contributed by atoms with Crippen LogP contribution in [-0.4, -0.2) is 134 Å². The van der Waals surface area contributed by atoms with Gasteiger partial charge in [-0.15, -0.1) is 0 Å². The van der Waals surface area contributed by atoms with Crippen LogP contribution >= 0.6 is 0 Å². The molecule has 1 saturated heterocycles. The number of rotatable bonds is 18. The number of benzene rings is 3. The fourth-order valence-electron chi connectivity index (χ4n) is 8.26. The van der Waals surface area contributed by atoms with Gasteiger partial charge in [-0.2, -0.15) is 0 Å². The highest BCUT2D eigenvalue weighted by atomic mass is 16.6. The van der Waals surface area contributed by atoms with Crippen molar-refractivity contribution in [2.75, 3.05) is 19.6 Å². The zero-order valence-electron chi connectivity index (χ0n) is 36.5. The lowest BCUT2D eigenvalue weighted by atomic mass is 9.77. The maximum atomic E-state index is 14.3. The van der Waals surface area contributed by atoms with Gasteiger partial charge in [-0.05, 0) is 74.9 Å². The molecule has 0 aromatic heterocycles. The molecule has 0 unspecified atom stereocenters. The molecule has 0 bridgehead atoms. The minimum Gasteiger partial charge on any atom is -0.508 e. The first kappa shape index (κ1) is 48.7. The van der Waals surface area contributed by atoms with Crippen LogP contribution in [-0.2, 0) is 43.9 Å². The molecule has 10 N–H and O–H groups in total. The molecule has 3 aliphatic rings. The van der Waals surface area contributed by atoms with Gasteiger partial charge in [0.2, 0.25) is 29.5 Å². The standard InChI is InChI=1S/C45H50N6O16/c1-21(2)15-31(49-39(60)23-6-9-27-26(16-23)44(65)67-45(27)28-10-7-24(53)17-33(28)66-34-18-25(54)8-11-29(34)45)43(64)51-14-4-5-32(51)41(62)48-30(12-13-36(56)57)40(61)50-38(22(3)52)42(63)47-19-35(55)46-20-37(58)59/h6-11,16-18,21-22,30-32,38,52-54H,4-5,12-15,19-20H2,1-3H3,(H,46,55)(H,47,63)(H,48,62)(H,49,60)(H,50,61)(H,56,57)(H,58,59)/t22-,30+,31+,32+,38+/m1/s1. The summed E-state index contributed by atoms with van der Waals surface area (Å²) >= 11 is 0. The van der Waals surface area contributed by atoms with E-state index in [1.54, 1.807) is 0 Å². The maximum absolute atomic E-state index is 14.3. The number of carbonyl (C=O) groups is 9. The first-order valence-corrected chi connectivity index (χ1v) is 21.3. The molecule has 356 valence electrons. The second-order valence-corrected chi connectivity index (χ2v) is 16.7. The van der Waals surface area contributed by atoms with E-state index in [-0.39, 0.29) is 59.4 Å². The Bertz CT molecular complexity index is 2460. The monoisotopic (exact) mass is 930 g/mol. The van der Waals surface area contributed by atoms with Gasteiger partial charge in [-0.25, -0.2) is 4.79 Å². The Balaban J connectivity index is 1.18. The van der Waals surface area contributed by atoms with Crippen LogP contribution in [0.4, 0.5) is 0 Å². The number of hydrogen-bond acceptors (Lipinski definition) is 14. The van der Waals surface area contributed by atoms with Crippen LogP contribution in [0, 0.1) is 5.92 Å². The SMILES string of the molecule is CC(C)C[C@H](NC(=O)c1ccc2c(c1)C(=O)OC21c2ccc(O)cc2Oc2cc(O)ccc21)C(=O)N1CCC[C@H]1C(=O)N[C@@H](CCC(=O)O)C(=O)N[C@H](C(=O)NCC(=O)NCC(=O)O)[C@@H](C)O. The number of carboxylic acids is 2. The van der Waals surface area contributed by atoms with E-state index in [4.69, 9.17) is 14.6 Å². The van der Waals surface area contributed by atoms with Crippen molar-refractivity contribution in [2.24, 2.45) is 5.92 Å². The Morgan fingerprint density at radius 2 is 1.42 bits per heavy atom. The molecule has 22 nitrogen and oxygen atoms in total. The number of amides is 6. The van der Waals surface area contributed by atoms with Gasteiger partial charge in [0.05, 0.1) is 18.2 Å². The lowest BCUT2D eigenvalue weighted by Crippen LogP contribution is -2.60.